The SMILES string of the molecule is COc1cccc(CN2CCN(CC#Cc3ccccc3)C[C@@H]2CCO)c1. The summed E-state index contributed by atoms with van der Waals surface area (Å²) in [7, 11) is 1.70. The van der Waals surface area contributed by atoms with Crippen LogP contribution in [0.25, 0.3) is 0 Å². The molecular formula is C23H28N2O2. The predicted molar refractivity (Wildman–Crippen MR) is 109 cm³/mol. The molecule has 0 spiro atoms. The molecule has 0 unspecified atom stereocenters. The highest BCUT2D eigenvalue weighted by atomic mass is 16.5. The fraction of sp³-hybridized carbons (Fsp3) is 0.391. The van der Waals surface area contributed by atoms with Crippen LogP contribution in [0.1, 0.15) is 17.5 Å². The molecule has 0 aromatic heterocycles. The summed E-state index contributed by atoms with van der Waals surface area (Å²) in [6.07, 6.45) is 0.784. The molecule has 1 heterocycles. The second-order valence-electron chi connectivity index (χ2n) is 6.89. The molecule has 1 N–H and O–H groups in total. The van der Waals surface area contributed by atoms with Crippen molar-refractivity contribution in [2.75, 3.05) is 39.9 Å². The van der Waals surface area contributed by atoms with E-state index in [-0.39, 0.29) is 6.61 Å². The molecule has 4 heteroatoms. The lowest BCUT2D eigenvalue weighted by Gasteiger charge is -2.41. The zero-order chi connectivity index (χ0) is 18.9. The first-order valence-corrected chi connectivity index (χ1v) is 9.52. The molecule has 2 aromatic carbocycles. The number of methoxy groups -OCH3 is 1. The minimum absolute atomic E-state index is 0.211. The van der Waals surface area contributed by atoms with Crippen LogP contribution >= 0.6 is 0 Å². The maximum Gasteiger partial charge on any atom is 0.119 e. The molecule has 1 atom stereocenters. The third kappa shape index (κ3) is 5.83. The predicted octanol–water partition coefficient (Wildman–Crippen LogP) is 2.62. The Bertz CT molecular complexity index is 767. The number of aliphatic hydroxyl groups excluding tert-OH is 1. The average molecular weight is 364 g/mol. The van der Waals surface area contributed by atoms with Crippen molar-refractivity contribution in [3.8, 4) is 17.6 Å². The Morgan fingerprint density at radius 3 is 2.74 bits per heavy atom. The van der Waals surface area contributed by atoms with E-state index in [0.717, 1.165) is 50.5 Å². The number of hydrogen-bond donors (Lipinski definition) is 1. The van der Waals surface area contributed by atoms with E-state index in [1.165, 1.54) is 5.56 Å². The molecule has 1 aliphatic heterocycles. The zero-order valence-corrected chi connectivity index (χ0v) is 16.0. The van der Waals surface area contributed by atoms with Crippen LogP contribution in [0.3, 0.4) is 0 Å². The van der Waals surface area contributed by atoms with Crippen LogP contribution in [0.4, 0.5) is 0 Å². The minimum Gasteiger partial charge on any atom is -0.497 e. The van der Waals surface area contributed by atoms with Gasteiger partial charge in [0.15, 0.2) is 0 Å². The van der Waals surface area contributed by atoms with Crippen LogP contribution in [-0.4, -0.2) is 60.8 Å². The third-order valence-electron chi connectivity index (χ3n) is 4.98. The first kappa shape index (κ1) is 19.4. The molecule has 0 radical (unpaired) electrons. The molecule has 3 rings (SSSR count). The van der Waals surface area contributed by atoms with Crippen molar-refractivity contribution in [3.63, 3.8) is 0 Å². The average Bonchev–Trinajstić information content (AvgIpc) is 2.71. The van der Waals surface area contributed by atoms with Gasteiger partial charge in [0.05, 0.1) is 13.7 Å². The van der Waals surface area contributed by atoms with Crippen LogP contribution in [0.2, 0.25) is 0 Å². The Kier molecular flexibility index (Phi) is 7.29. The van der Waals surface area contributed by atoms with Gasteiger partial charge in [0, 0.05) is 44.4 Å². The summed E-state index contributed by atoms with van der Waals surface area (Å²) in [4.78, 5) is 4.85. The Morgan fingerprint density at radius 2 is 1.96 bits per heavy atom. The van der Waals surface area contributed by atoms with Crippen molar-refractivity contribution in [2.24, 2.45) is 0 Å². The Hall–Kier alpha value is -2.32. The molecule has 27 heavy (non-hydrogen) atoms. The summed E-state index contributed by atoms with van der Waals surface area (Å²) in [6, 6.07) is 18.7. The summed E-state index contributed by atoms with van der Waals surface area (Å²) >= 11 is 0. The van der Waals surface area contributed by atoms with Crippen molar-refractivity contribution in [3.05, 3.63) is 65.7 Å². The largest absolute Gasteiger partial charge is 0.497 e. The van der Waals surface area contributed by atoms with E-state index in [0.29, 0.717) is 6.04 Å². The molecular weight excluding hydrogens is 336 g/mol. The van der Waals surface area contributed by atoms with Gasteiger partial charge in [0.2, 0.25) is 0 Å². The number of rotatable bonds is 6. The van der Waals surface area contributed by atoms with E-state index >= 15 is 0 Å². The number of aliphatic hydroxyl groups is 1. The van der Waals surface area contributed by atoms with Gasteiger partial charge in [-0.1, -0.05) is 42.2 Å². The van der Waals surface area contributed by atoms with E-state index in [9.17, 15) is 5.11 Å². The smallest absolute Gasteiger partial charge is 0.119 e. The summed E-state index contributed by atoms with van der Waals surface area (Å²) in [5.41, 5.74) is 2.30. The van der Waals surface area contributed by atoms with Crippen molar-refractivity contribution < 1.29 is 9.84 Å². The van der Waals surface area contributed by atoms with Gasteiger partial charge < -0.3 is 9.84 Å². The Labute approximate surface area is 162 Å². The van der Waals surface area contributed by atoms with Gasteiger partial charge in [-0.3, -0.25) is 9.80 Å². The second-order valence-corrected chi connectivity index (χ2v) is 6.89. The maximum atomic E-state index is 9.50. The minimum atomic E-state index is 0.211. The number of nitrogens with zero attached hydrogens (tertiary/aromatic N) is 2. The number of ether oxygens (including phenoxy) is 1. The van der Waals surface area contributed by atoms with Crippen LogP contribution in [0.5, 0.6) is 5.75 Å². The monoisotopic (exact) mass is 364 g/mol. The van der Waals surface area contributed by atoms with Crippen molar-refractivity contribution in [2.45, 2.75) is 19.0 Å². The molecule has 1 saturated heterocycles. The lowest BCUT2D eigenvalue weighted by Crippen LogP contribution is -2.52. The van der Waals surface area contributed by atoms with E-state index in [4.69, 9.17) is 4.74 Å². The summed E-state index contributed by atoms with van der Waals surface area (Å²) < 4.78 is 5.33. The fourth-order valence-corrected chi connectivity index (χ4v) is 3.51. The second kappa shape index (κ2) is 10.1. The summed E-state index contributed by atoms with van der Waals surface area (Å²) in [5, 5.41) is 9.50. The Balaban J connectivity index is 1.58. The molecule has 0 saturated carbocycles. The first-order valence-electron chi connectivity index (χ1n) is 9.52. The maximum absolute atomic E-state index is 9.50. The van der Waals surface area contributed by atoms with Gasteiger partial charge in [-0.05, 0) is 36.2 Å². The normalized spacial score (nSPS) is 17.9. The molecule has 1 fully saturated rings. The molecule has 4 nitrogen and oxygen atoms in total. The van der Waals surface area contributed by atoms with Crippen LogP contribution in [0.15, 0.2) is 54.6 Å². The highest BCUT2D eigenvalue weighted by Gasteiger charge is 2.26. The molecule has 0 bridgehead atoms. The topological polar surface area (TPSA) is 35.9 Å². The third-order valence-corrected chi connectivity index (χ3v) is 4.98. The van der Waals surface area contributed by atoms with Gasteiger partial charge in [0.1, 0.15) is 5.75 Å². The number of piperazine rings is 1. The van der Waals surface area contributed by atoms with E-state index in [2.05, 4.69) is 33.8 Å². The van der Waals surface area contributed by atoms with Crippen molar-refractivity contribution in [1.82, 2.24) is 9.80 Å². The van der Waals surface area contributed by atoms with Gasteiger partial charge >= 0.3 is 0 Å². The first-order chi connectivity index (χ1) is 13.3. The molecule has 2 aromatic rings. The number of benzene rings is 2. The van der Waals surface area contributed by atoms with Gasteiger partial charge in [-0.25, -0.2) is 0 Å². The van der Waals surface area contributed by atoms with Gasteiger partial charge in [-0.2, -0.15) is 0 Å². The van der Waals surface area contributed by atoms with Crippen LogP contribution in [-0.2, 0) is 6.54 Å². The molecule has 142 valence electrons. The van der Waals surface area contributed by atoms with Gasteiger partial charge in [-0.15, -0.1) is 0 Å². The van der Waals surface area contributed by atoms with E-state index in [1.54, 1.807) is 7.11 Å². The summed E-state index contributed by atoms with van der Waals surface area (Å²) in [6.45, 7) is 4.77. The highest BCUT2D eigenvalue weighted by Crippen LogP contribution is 2.19. The van der Waals surface area contributed by atoms with E-state index in [1.807, 2.05) is 42.5 Å². The van der Waals surface area contributed by atoms with Crippen molar-refractivity contribution >= 4 is 0 Å². The fourth-order valence-electron chi connectivity index (χ4n) is 3.51. The standard InChI is InChI=1S/C23H28N2O2/c1-27-23-11-5-9-21(17-23)18-25-15-14-24(19-22(25)12-16-26)13-6-10-20-7-3-2-4-8-20/h2-5,7-9,11,17,22,26H,12-16,18-19H2,1H3/t22-/m0/s1. The van der Waals surface area contributed by atoms with E-state index < -0.39 is 0 Å². The van der Waals surface area contributed by atoms with Crippen LogP contribution in [0, 0.1) is 11.8 Å². The molecule has 1 aliphatic rings. The molecule has 0 aliphatic carbocycles. The zero-order valence-electron chi connectivity index (χ0n) is 16.0. The van der Waals surface area contributed by atoms with Crippen LogP contribution < -0.4 is 4.74 Å². The lowest BCUT2D eigenvalue weighted by atomic mass is 10.1. The van der Waals surface area contributed by atoms with Crippen molar-refractivity contribution in [1.29, 1.82) is 0 Å². The molecule has 0 amide bonds. The Morgan fingerprint density at radius 1 is 1.11 bits per heavy atom. The quantitative estimate of drug-likeness (QED) is 0.800. The highest BCUT2D eigenvalue weighted by molar-refractivity contribution is 5.33. The lowest BCUT2D eigenvalue weighted by molar-refractivity contribution is 0.0605. The number of hydrogen-bond acceptors (Lipinski definition) is 4. The summed E-state index contributed by atoms with van der Waals surface area (Å²) in [5.74, 6) is 7.42. The van der Waals surface area contributed by atoms with Gasteiger partial charge in [0.25, 0.3) is 0 Å².